The van der Waals surface area contributed by atoms with Gasteiger partial charge in [0.05, 0.1) is 16.4 Å². The highest BCUT2D eigenvalue weighted by molar-refractivity contribution is 6.36. The van der Waals surface area contributed by atoms with E-state index in [9.17, 15) is 0 Å². The van der Waals surface area contributed by atoms with E-state index < -0.39 is 0 Å². The number of nitrogens with zero attached hydrogens (tertiary/aromatic N) is 2. The van der Waals surface area contributed by atoms with Gasteiger partial charge in [-0.3, -0.25) is 0 Å². The summed E-state index contributed by atoms with van der Waals surface area (Å²) in [6.45, 7) is 27.7. The molecule has 0 radical (unpaired) electrons. The third-order valence-electron chi connectivity index (χ3n) is 14.9. The van der Waals surface area contributed by atoms with Crippen molar-refractivity contribution in [2.75, 3.05) is 9.80 Å². The van der Waals surface area contributed by atoms with Gasteiger partial charge in [-0.15, -0.1) is 0 Å². The maximum Gasteiger partial charge on any atom is 0.0887 e. The van der Waals surface area contributed by atoms with Crippen molar-refractivity contribution in [3.05, 3.63) is 142 Å². The quantitative estimate of drug-likeness (QED) is 0.162. The summed E-state index contributed by atoms with van der Waals surface area (Å²) < 4.78 is 0. The van der Waals surface area contributed by atoms with Gasteiger partial charge in [0.2, 0.25) is 0 Å². The van der Waals surface area contributed by atoms with Gasteiger partial charge in [0.1, 0.15) is 0 Å². The molecule has 10 rings (SSSR count). The van der Waals surface area contributed by atoms with E-state index >= 15 is 0 Å². The second-order valence-corrected chi connectivity index (χ2v) is 23.5. The van der Waals surface area contributed by atoms with Gasteiger partial charge in [-0.25, -0.2) is 0 Å². The van der Waals surface area contributed by atoms with Crippen LogP contribution in [0.15, 0.2) is 109 Å². The lowest BCUT2D eigenvalue weighted by molar-refractivity contribution is 0.0924. The van der Waals surface area contributed by atoms with E-state index in [0.717, 1.165) is 68.7 Å². The van der Waals surface area contributed by atoms with E-state index in [2.05, 4.69) is 202 Å². The minimum absolute atomic E-state index is 0.0137. The molecule has 0 aromatic heterocycles. The molecule has 308 valence electrons. The Kier molecular flexibility index (Phi) is 9.42. The number of benzene rings is 5. The van der Waals surface area contributed by atoms with Gasteiger partial charge in [-0.05, 0) is 171 Å². The zero-order valence-corrected chi connectivity index (χ0v) is 38.6. The molecule has 3 heteroatoms. The molecule has 0 heterocycles. The molecular weight excluding hydrogens is 736 g/mol. The van der Waals surface area contributed by atoms with Gasteiger partial charge in [0.25, 0.3) is 0 Å². The lowest BCUT2D eigenvalue weighted by Crippen LogP contribution is -2.42. The molecule has 5 aliphatic rings. The van der Waals surface area contributed by atoms with E-state index in [1.165, 1.54) is 53.5 Å². The second-order valence-electron chi connectivity index (χ2n) is 23.2. The molecule has 2 nitrogen and oxygen atoms in total. The Balaban J connectivity index is 1.35. The number of hydrogen-bond acceptors (Lipinski definition) is 2. The van der Waals surface area contributed by atoms with Crippen molar-refractivity contribution in [2.45, 2.75) is 136 Å². The smallest absolute Gasteiger partial charge is 0.0887 e. The molecular formula is C56H67ClN2. The molecule has 5 aromatic rings. The summed E-state index contributed by atoms with van der Waals surface area (Å²) in [5, 5.41) is 0.772. The first-order chi connectivity index (χ1) is 27.6. The number of halogens is 1. The Hall–Kier alpha value is -4.01. The lowest BCUT2D eigenvalue weighted by atomic mass is 9.56. The first-order valence-corrected chi connectivity index (χ1v) is 22.9. The van der Waals surface area contributed by atoms with Crippen LogP contribution in [-0.4, -0.2) is 0 Å². The van der Waals surface area contributed by atoms with Crippen LogP contribution >= 0.6 is 11.6 Å². The summed E-state index contributed by atoms with van der Waals surface area (Å²) in [7, 11) is 0. The lowest BCUT2D eigenvalue weighted by Gasteiger charge is -2.49. The Labute approximate surface area is 361 Å². The minimum atomic E-state index is -0.0137. The highest BCUT2D eigenvalue weighted by Gasteiger charge is 2.72. The van der Waals surface area contributed by atoms with Crippen LogP contribution in [0.4, 0.5) is 34.1 Å². The van der Waals surface area contributed by atoms with E-state index in [4.69, 9.17) is 11.6 Å². The zero-order chi connectivity index (χ0) is 42.0. The van der Waals surface area contributed by atoms with E-state index in [-0.39, 0.29) is 27.1 Å². The standard InChI is InChI=1S/C56H67ClN2/c1-52(2,3)37-17-13-21-42(26-37)58(43-22-14-18-38(27-43)53(4,5)6)47-30-41(56-32-35-25-36(33-56)50-46(34-56)49(35)50)31-48(51(47)57)59(44-23-15-19-39(28-44)54(7,8)9)45-24-16-20-40(29-45)55(10,11)12/h13-24,26-31,35-36,46,49-50H,25,32-34H2,1-12H3. The Morgan fingerprint density at radius 1 is 0.458 bits per heavy atom. The maximum atomic E-state index is 8.22. The third kappa shape index (κ3) is 7.14. The summed E-state index contributed by atoms with van der Waals surface area (Å²) in [6, 6.07) is 41.9. The Morgan fingerprint density at radius 3 is 1.07 bits per heavy atom. The fourth-order valence-electron chi connectivity index (χ4n) is 11.8. The van der Waals surface area contributed by atoms with Crippen LogP contribution in [0.5, 0.6) is 0 Å². The molecule has 5 aliphatic carbocycles. The molecule has 4 atom stereocenters. The fourth-order valence-corrected chi connectivity index (χ4v) is 12.0. The number of anilines is 6. The first-order valence-electron chi connectivity index (χ1n) is 22.5. The molecule has 0 amide bonds. The van der Waals surface area contributed by atoms with Crippen molar-refractivity contribution in [3.63, 3.8) is 0 Å². The largest absolute Gasteiger partial charge is 0.309 e. The third-order valence-corrected chi connectivity index (χ3v) is 15.3. The van der Waals surface area contributed by atoms with E-state index in [1.54, 1.807) is 0 Å². The highest BCUT2D eigenvalue weighted by atomic mass is 35.5. The van der Waals surface area contributed by atoms with Gasteiger partial charge >= 0.3 is 0 Å². The summed E-state index contributed by atoms with van der Waals surface area (Å²) in [6.07, 6.45) is 5.37. The van der Waals surface area contributed by atoms with Gasteiger partial charge in [-0.2, -0.15) is 0 Å². The summed E-state index contributed by atoms with van der Waals surface area (Å²) in [4.78, 5) is 4.97. The molecule has 0 saturated heterocycles. The van der Waals surface area contributed by atoms with Gasteiger partial charge in [-0.1, -0.05) is 143 Å². The van der Waals surface area contributed by atoms with Crippen LogP contribution in [0.1, 0.15) is 137 Å². The van der Waals surface area contributed by atoms with Crippen LogP contribution in [0.3, 0.4) is 0 Å². The zero-order valence-electron chi connectivity index (χ0n) is 37.9. The molecule has 0 N–H and O–H groups in total. The molecule has 5 aromatic carbocycles. The van der Waals surface area contributed by atoms with E-state index in [1.807, 2.05) is 0 Å². The average molecular weight is 804 g/mol. The minimum Gasteiger partial charge on any atom is -0.309 e. The highest BCUT2D eigenvalue weighted by Crippen LogP contribution is 2.78. The fraction of sp³-hybridized carbons (Fsp3) is 0.464. The second kappa shape index (κ2) is 13.8. The van der Waals surface area contributed by atoms with Crippen molar-refractivity contribution in [1.82, 2.24) is 0 Å². The Morgan fingerprint density at radius 2 is 0.780 bits per heavy atom. The number of rotatable bonds is 7. The monoisotopic (exact) mass is 802 g/mol. The predicted molar refractivity (Wildman–Crippen MR) is 253 cm³/mol. The summed E-state index contributed by atoms with van der Waals surface area (Å²) in [5.41, 5.74) is 13.5. The molecule has 0 aliphatic heterocycles. The van der Waals surface area contributed by atoms with Crippen molar-refractivity contribution in [3.8, 4) is 0 Å². The predicted octanol–water partition coefficient (Wildman–Crippen LogP) is 16.4. The van der Waals surface area contributed by atoms with Crippen LogP contribution in [0.2, 0.25) is 5.02 Å². The van der Waals surface area contributed by atoms with Crippen molar-refractivity contribution in [1.29, 1.82) is 0 Å². The molecule has 4 unspecified atom stereocenters. The molecule has 59 heavy (non-hydrogen) atoms. The molecule has 4 bridgehead atoms. The molecule has 5 saturated carbocycles. The van der Waals surface area contributed by atoms with Gasteiger partial charge in [0, 0.05) is 22.7 Å². The van der Waals surface area contributed by atoms with Crippen molar-refractivity contribution >= 4 is 45.7 Å². The van der Waals surface area contributed by atoms with Crippen LogP contribution in [-0.2, 0) is 27.1 Å². The van der Waals surface area contributed by atoms with Crippen LogP contribution in [0, 0.1) is 29.6 Å². The average Bonchev–Trinajstić information content (AvgIpc) is 3.83. The topological polar surface area (TPSA) is 6.48 Å². The summed E-state index contributed by atoms with van der Waals surface area (Å²) >= 11 is 8.22. The Bertz CT molecular complexity index is 2140. The van der Waals surface area contributed by atoms with Crippen molar-refractivity contribution in [2.24, 2.45) is 29.6 Å². The molecule has 5 fully saturated rings. The van der Waals surface area contributed by atoms with Gasteiger partial charge in [0.15, 0.2) is 0 Å². The van der Waals surface area contributed by atoms with Crippen LogP contribution < -0.4 is 9.80 Å². The first kappa shape index (κ1) is 40.4. The van der Waals surface area contributed by atoms with Gasteiger partial charge < -0.3 is 9.80 Å². The summed E-state index contributed by atoms with van der Waals surface area (Å²) in [5.74, 6) is 4.60. The maximum absolute atomic E-state index is 8.22. The SMILES string of the molecule is CC(C)(C)c1cccc(N(c2cccc(C(C)(C)C)c2)c2cc(C34CC5CC(C3)C3C(C4)C53)cc(N(c3cccc(C(C)(C)C)c3)c3cccc(C(C)(C)C)c3)c2Cl)c1. The van der Waals surface area contributed by atoms with Crippen molar-refractivity contribution < 1.29 is 0 Å². The number of hydrogen-bond donors (Lipinski definition) is 0. The van der Waals surface area contributed by atoms with E-state index in [0.29, 0.717) is 0 Å². The normalized spacial score (nSPS) is 24.7. The molecule has 0 spiro atoms. The van der Waals surface area contributed by atoms with Crippen LogP contribution in [0.25, 0.3) is 0 Å².